The van der Waals surface area contributed by atoms with Gasteiger partial charge in [0.1, 0.15) is 23.9 Å². The van der Waals surface area contributed by atoms with E-state index in [2.05, 4.69) is 55.8 Å². The van der Waals surface area contributed by atoms with E-state index in [9.17, 15) is 15.3 Å². The number of rotatable bonds is 5. The lowest BCUT2D eigenvalue weighted by Gasteiger charge is -2.75. The molecule has 9 nitrogen and oxygen atoms in total. The first-order valence-corrected chi connectivity index (χ1v) is 21.7. The summed E-state index contributed by atoms with van der Waals surface area (Å²) in [7, 11) is 5.74. The van der Waals surface area contributed by atoms with Gasteiger partial charge in [-0.1, -0.05) is 45.1 Å². The number of hydrogen-bond donors (Lipinski definition) is 3. The Balaban J connectivity index is 0.000000142. The zero-order chi connectivity index (χ0) is 38.9. The Labute approximate surface area is 332 Å². The largest absolute Gasteiger partial charge is 0.504 e. The maximum absolute atomic E-state index is 12.2. The Morgan fingerprint density at radius 3 is 2.39 bits per heavy atom. The first-order valence-electron chi connectivity index (χ1n) is 21.7. The molecule has 9 heteroatoms. The number of likely N-dealkylation sites (N-methyl/N-ethyl adjacent to an activating group) is 1. The quantitative estimate of drug-likeness (QED) is 0.321. The summed E-state index contributed by atoms with van der Waals surface area (Å²) < 4.78 is 25.3. The van der Waals surface area contributed by atoms with Crippen molar-refractivity contribution < 1.29 is 34.3 Å². The van der Waals surface area contributed by atoms with Crippen LogP contribution in [0.2, 0.25) is 0 Å². The van der Waals surface area contributed by atoms with Crippen LogP contribution in [0.3, 0.4) is 0 Å². The third-order valence-electron chi connectivity index (χ3n) is 18.2. The Morgan fingerprint density at radius 2 is 1.66 bits per heavy atom. The molecule has 6 bridgehead atoms. The number of aliphatic hydroxyl groups excluding tert-OH is 1. The van der Waals surface area contributed by atoms with Gasteiger partial charge < -0.3 is 39.2 Å². The molecule has 2 aromatic carbocycles. The summed E-state index contributed by atoms with van der Waals surface area (Å²) in [6.07, 6.45) is 13.2. The van der Waals surface area contributed by atoms with Gasteiger partial charge in [-0.25, -0.2) is 0 Å². The first-order chi connectivity index (χ1) is 26.7. The van der Waals surface area contributed by atoms with Crippen LogP contribution in [-0.2, 0) is 28.4 Å². The number of phenols is 1. The Bertz CT molecular complexity index is 2020. The monoisotopic (exact) mass is 766 g/mol. The number of aromatic hydroxyl groups is 1. The molecule has 302 valence electrons. The molecular weight excluding hydrogens is 705 g/mol. The summed E-state index contributed by atoms with van der Waals surface area (Å²) in [6, 6.07) is 9.16. The van der Waals surface area contributed by atoms with Crippen molar-refractivity contribution in [3.63, 3.8) is 0 Å². The van der Waals surface area contributed by atoms with Crippen molar-refractivity contribution in [1.29, 1.82) is 0 Å². The number of piperidine rings is 2. The molecule has 4 heterocycles. The van der Waals surface area contributed by atoms with Gasteiger partial charge in [-0.15, -0.1) is 0 Å². The molecule has 56 heavy (non-hydrogen) atoms. The number of benzene rings is 2. The van der Waals surface area contributed by atoms with Gasteiger partial charge in [0.2, 0.25) is 0 Å². The van der Waals surface area contributed by atoms with Gasteiger partial charge in [-0.05, 0) is 119 Å². The SMILES string of the molecule is CO[C@]12CC[C@@]3(C[C@@H]1[C@](C)(O)C(C)(C)C)[C@H]1Cc4ccc(O)c5c4[C@@]3(CCN1CC1CC1)[C@H]2O5.COc1ccc2c3c1O[C@H]1[C@@H](O)C=C[C@H]4[C@@H](C2)N(C)CC[C@@]341. The minimum absolute atomic E-state index is 0.0294. The van der Waals surface area contributed by atoms with Crippen LogP contribution >= 0.6 is 0 Å². The maximum Gasteiger partial charge on any atom is 0.165 e. The molecule has 0 radical (unpaired) electrons. The van der Waals surface area contributed by atoms with Crippen LogP contribution in [0.5, 0.6) is 23.0 Å². The van der Waals surface area contributed by atoms with Crippen LogP contribution < -0.4 is 14.2 Å². The van der Waals surface area contributed by atoms with Gasteiger partial charge in [0.05, 0.1) is 12.7 Å². The number of nitrogens with zero attached hydrogens (tertiary/aromatic N) is 2. The van der Waals surface area contributed by atoms with E-state index in [1.54, 1.807) is 7.11 Å². The molecule has 4 aliphatic heterocycles. The second kappa shape index (κ2) is 11.5. The number of aliphatic hydroxyl groups is 2. The number of phenolic OH excluding ortho intramolecular Hbond substituents is 1. The number of fused-ring (bicyclic) bond motifs is 2. The van der Waals surface area contributed by atoms with E-state index in [1.807, 2.05) is 32.2 Å². The molecule has 7 aliphatic carbocycles. The Morgan fingerprint density at radius 1 is 0.893 bits per heavy atom. The van der Waals surface area contributed by atoms with Crippen LogP contribution in [0.4, 0.5) is 0 Å². The van der Waals surface area contributed by atoms with Crippen LogP contribution in [0.1, 0.15) is 94.9 Å². The van der Waals surface area contributed by atoms with Gasteiger partial charge >= 0.3 is 0 Å². The van der Waals surface area contributed by atoms with Gasteiger partial charge in [0.15, 0.2) is 23.0 Å². The fourth-order valence-electron chi connectivity index (χ4n) is 15.0. The van der Waals surface area contributed by atoms with Gasteiger partial charge in [-0.2, -0.15) is 0 Å². The van der Waals surface area contributed by atoms with E-state index < -0.39 is 17.3 Å². The Hall–Kier alpha value is -2.82. The van der Waals surface area contributed by atoms with Gasteiger partial charge in [-0.3, -0.25) is 4.90 Å². The molecule has 2 aromatic rings. The molecule has 6 fully saturated rings. The minimum atomic E-state index is -0.909. The van der Waals surface area contributed by atoms with Crippen molar-refractivity contribution in [2.24, 2.45) is 28.6 Å². The average Bonchev–Trinajstić information content (AvgIpc) is 3.81. The lowest BCUT2D eigenvalue weighted by atomic mass is 9.33. The van der Waals surface area contributed by atoms with E-state index in [0.717, 1.165) is 75.5 Å². The highest BCUT2D eigenvalue weighted by Gasteiger charge is 2.82. The summed E-state index contributed by atoms with van der Waals surface area (Å²) >= 11 is 0. The molecule has 3 spiro atoms. The molecule has 2 saturated heterocycles. The van der Waals surface area contributed by atoms with Crippen molar-refractivity contribution in [3.8, 4) is 23.0 Å². The van der Waals surface area contributed by atoms with Crippen molar-refractivity contribution in [2.45, 2.75) is 138 Å². The third-order valence-corrected chi connectivity index (χ3v) is 18.2. The standard InChI is InChI=1S/C29H41NO4.C18H21NO3/c1-25(2,3)26(4,32)20-15-27-10-11-29(20,33-5)24-28(27)12-13-30(16-17-6-7-17)21(27)14-18-8-9-19(31)23(34-24)22(18)28;1-19-8-7-18-11-4-5-13(20)17(18)22-16-14(21-2)6-3-10(15(16)18)9-12(11)19/h8-9,17,20-21,24,31-32H,6-7,10-16H2,1-5H3;3-6,11-13,17,20H,7-9H2,1-2H3/t20-,21-,24-,26+,27-,28+,29-;11-,12+,13-,17-,18-/m10/s1. The molecular formula is C47H62N2O7. The average molecular weight is 767 g/mol. The number of likely N-dealkylation sites (tertiary alicyclic amines) is 2. The molecule has 13 rings (SSSR count). The second-order valence-corrected chi connectivity index (χ2v) is 20.9. The van der Waals surface area contributed by atoms with Crippen LogP contribution in [0, 0.1) is 28.6 Å². The first kappa shape index (κ1) is 36.3. The predicted octanol–water partition coefficient (Wildman–Crippen LogP) is 5.91. The van der Waals surface area contributed by atoms with E-state index in [0.29, 0.717) is 23.8 Å². The highest BCUT2D eigenvalue weighted by atomic mass is 16.6. The minimum Gasteiger partial charge on any atom is -0.504 e. The van der Waals surface area contributed by atoms with E-state index >= 15 is 0 Å². The zero-order valence-corrected chi connectivity index (χ0v) is 34.4. The van der Waals surface area contributed by atoms with Gasteiger partial charge in [0.25, 0.3) is 0 Å². The molecule has 11 aliphatic rings. The van der Waals surface area contributed by atoms with Crippen molar-refractivity contribution in [2.75, 3.05) is 40.9 Å². The molecule has 3 N–H and O–H groups in total. The molecule has 0 aromatic heterocycles. The van der Waals surface area contributed by atoms with E-state index in [4.69, 9.17) is 18.9 Å². The second-order valence-electron chi connectivity index (χ2n) is 20.9. The highest BCUT2D eigenvalue weighted by Crippen LogP contribution is 2.78. The Kier molecular flexibility index (Phi) is 7.43. The number of methoxy groups -OCH3 is 2. The summed E-state index contributed by atoms with van der Waals surface area (Å²) in [5.41, 5.74) is 3.39. The zero-order valence-electron chi connectivity index (χ0n) is 34.4. The van der Waals surface area contributed by atoms with E-state index in [1.165, 1.54) is 41.6 Å². The van der Waals surface area contributed by atoms with Crippen LogP contribution in [-0.4, -0.2) is 108 Å². The van der Waals surface area contributed by atoms with Crippen molar-refractivity contribution >= 4 is 0 Å². The topological polar surface area (TPSA) is 104 Å². The summed E-state index contributed by atoms with van der Waals surface area (Å²) in [5, 5.41) is 33.7. The normalized spacial score (nSPS) is 42.8. The number of hydrogen-bond acceptors (Lipinski definition) is 9. The fraction of sp³-hybridized carbons (Fsp3) is 0.702. The summed E-state index contributed by atoms with van der Waals surface area (Å²) in [5.74, 6) is 3.89. The maximum atomic E-state index is 12.2. The highest BCUT2D eigenvalue weighted by molar-refractivity contribution is 5.64. The number of ether oxygens (including phenoxy) is 4. The predicted molar refractivity (Wildman–Crippen MR) is 213 cm³/mol. The van der Waals surface area contributed by atoms with Crippen molar-refractivity contribution in [3.05, 3.63) is 58.7 Å². The molecule has 4 saturated carbocycles. The molecule has 0 unspecified atom stereocenters. The smallest absolute Gasteiger partial charge is 0.165 e. The lowest BCUT2D eigenvalue weighted by molar-refractivity contribution is -0.312. The van der Waals surface area contributed by atoms with Gasteiger partial charge in [0, 0.05) is 64.9 Å². The molecule has 0 amide bonds. The van der Waals surface area contributed by atoms with Crippen molar-refractivity contribution in [1.82, 2.24) is 9.80 Å². The summed E-state index contributed by atoms with van der Waals surface area (Å²) in [4.78, 5) is 5.29. The van der Waals surface area contributed by atoms with Crippen LogP contribution in [0.15, 0.2) is 36.4 Å². The van der Waals surface area contributed by atoms with Crippen LogP contribution in [0.25, 0.3) is 0 Å². The third kappa shape index (κ3) is 4.15. The summed E-state index contributed by atoms with van der Waals surface area (Å²) in [6.45, 7) is 11.9. The fourth-order valence-corrected chi connectivity index (χ4v) is 15.0. The van der Waals surface area contributed by atoms with E-state index in [-0.39, 0.29) is 45.5 Å². The molecule has 12 atom stereocenters. The lowest BCUT2D eigenvalue weighted by Crippen LogP contribution is -2.83.